The second kappa shape index (κ2) is 9.17. The molecule has 2 aromatic carbocycles. The Hall–Kier alpha value is -2.15. The lowest BCUT2D eigenvalue weighted by Gasteiger charge is -2.18. The minimum Gasteiger partial charge on any atom is -0.289 e. The molecule has 0 saturated carbocycles. The molecule has 2 rings (SSSR count). The molecular weight excluding hydrogens is 398 g/mol. The maximum atomic E-state index is 13.5. The summed E-state index contributed by atoms with van der Waals surface area (Å²) in [5.41, 5.74) is 1.44. The number of nitrogens with two attached hydrogens (primary N) is 1. The number of hydrogen-bond acceptors (Lipinski definition) is 1. The van der Waals surface area contributed by atoms with Crippen LogP contribution in [0.2, 0.25) is 10.0 Å². The summed E-state index contributed by atoms with van der Waals surface area (Å²) in [4.78, 5) is 3.82. The van der Waals surface area contributed by atoms with Crippen molar-refractivity contribution in [2.75, 3.05) is 0 Å². The van der Waals surface area contributed by atoms with Gasteiger partial charge in [-0.05, 0) is 41.5 Å². The third-order valence-corrected chi connectivity index (χ3v) is 4.09. The van der Waals surface area contributed by atoms with E-state index < -0.39 is 12.1 Å². The number of rotatable bonds is 5. The van der Waals surface area contributed by atoms with Gasteiger partial charge in [0.15, 0.2) is 0 Å². The van der Waals surface area contributed by atoms with Gasteiger partial charge in [-0.3, -0.25) is 10.7 Å². The van der Waals surface area contributed by atoms with E-state index in [4.69, 9.17) is 28.6 Å². The van der Waals surface area contributed by atoms with Gasteiger partial charge in [-0.2, -0.15) is 18.2 Å². The van der Waals surface area contributed by atoms with E-state index in [0.717, 1.165) is 18.1 Å². The van der Waals surface area contributed by atoms with Crippen LogP contribution in [-0.2, 0) is 0 Å². The minimum atomic E-state index is -4.47. The van der Waals surface area contributed by atoms with Crippen molar-refractivity contribution in [2.24, 2.45) is 4.99 Å². The quantitative estimate of drug-likeness (QED) is 0.364. The topological polar surface area (TPSA) is 52.8 Å². The number of nitrogens with zero attached hydrogens (tertiary/aromatic N) is 1. The molecule has 1 atom stereocenters. The SMILES string of the molecule is CC(=NC=N)[NH2+]c1ccc(/C=C/C(c2cc(Cl)cc(Cl)c2)C(F)(F)F)cc1. The first kappa shape index (κ1) is 21.2. The smallest absolute Gasteiger partial charge is 0.289 e. The van der Waals surface area contributed by atoms with Gasteiger partial charge in [0.1, 0.15) is 12.0 Å². The monoisotopic (exact) mass is 414 g/mol. The molecule has 0 bridgehead atoms. The van der Waals surface area contributed by atoms with Crippen LogP contribution in [0, 0.1) is 5.41 Å². The number of nitrogens with one attached hydrogen (secondary N) is 1. The van der Waals surface area contributed by atoms with Gasteiger partial charge in [0, 0.05) is 29.1 Å². The predicted octanol–water partition coefficient (Wildman–Crippen LogP) is 5.57. The Balaban J connectivity index is 2.24. The summed E-state index contributed by atoms with van der Waals surface area (Å²) in [6.07, 6.45) is -1.03. The number of allylic oxidation sites excluding steroid dienone is 1. The van der Waals surface area contributed by atoms with Crippen molar-refractivity contribution in [1.82, 2.24) is 0 Å². The Morgan fingerprint density at radius 3 is 2.22 bits per heavy atom. The van der Waals surface area contributed by atoms with Gasteiger partial charge in [0.2, 0.25) is 5.84 Å². The second-order valence-electron chi connectivity index (χ2n) is 5.79. The highest BCUT2D eigenvalue weighted by atomic mass is 35.5. The number of aliphatic imine (C=N–C) groups is 1. The molecule has 8 heteroatoms. The van der Waals surface area contributed by atoms with E-state index in [-0.39, 0.29) is 15.6 Å². The largest absolute Gasteiger partial charge is 0.399 e. The van der Waals surface area contributed by atoms with Gasteiger partial charge in [0.25, 0.3) is 0 Å². The first-order valence-corrected chi connectivity index (χ1v) is 8.63. The molecule has 0 aliphatic carbocycles. The summed E-state index contributed by atoms with van der Waals surface area (Å²) in [6, 6.07) is 10.9. The molecule has 0 radical (unpaired) electrons. The zero-order valence-corrected chi connectivity index (χ0v) is 15.8. The van der Waals surface area contributed by atoms with Crippen molar-refractivity contribution in [3.63, 3.8) is 0 Å². The summed E-state index contributed by atoms with van der Waals surface area (Å²) >= 11 is 11.7. The van der Waals surface area contributed by atoms with Crippen molar-refractivity contribution < 1.29 is 18.5 Å². The Morgan fingerprint density at radius 1 is 1.11 bits per heavy atom. The van der Waals surface area contributed by atoms with Crippen LogP contribution in [0.3, 0.4) is 0 Å². The molecule has 27 heavy (non-hydrogen) atoms. The van der Waals surface area contributed by atoms with E-state index in [0.29, 0.717) is 11.4 Å². The second-order valence-corrected chi connectivity index (χ2v) is 6.66. The molecule has 0 aliphatic heterocycles. The fraction of sp³-hybridized carbons (Fsp3) is 0.158. The van der Waals surface area contributed by atoms with E-state index in [9.17, 15) is 13.2 Å². The number of benzene rings is 2. The number of quaternary nitrogens is 1. The predicted molar refractivity (Wildman–Crippen MR) is 104 cm³/mol. The molecule has 0 fully saturated rings. The number of halogens is 5. The average Bonchev–Trinajstić information content (AvgIpc) is 2.54. The molecular formula is C19H17Cl2F3N3+. The van der Waals surface area contributed by atoms with E-state index in [1.165, 1.54) is 24.3 Å². The van der Waals surface area contributed by atoms with Crippen LogP contribution in [0.15, 0.2) is 53.5 Å². The molecule has 1 unspecified atom stereocenters. The zero-order chi connectivity index (χ0) is 20.0. The molecule has 142 valence electrons. The van der Waals surface area contributed by atoms with E-state index in [2.05, 4.69) is 4.99 Å². The lowest BCUT2D eigenvalue weighted by atomic mass is 9.97. The standard InChI is InChI=1S/C19H16Cl2F3N3/c1-12(26-11-25)27-17-5-2-13(3-6-17)4-7-18(19(22,23)24)14-8-15(20)10-16(21)9-14/h2-11,18H,1H3,(H2,25,26,27)/p+1/b7-4+. The molecule has 2 aromatic rings. The maximum Gasteiger partial charge on any atom is 0.399 e. The normalized spacial score (nSPS) is 13.8. The lowest BCUT2D eigenvalue weighted by molar-refractivity contribution is -0.444. The number of alkyl halides is 3. The van der Waals surface area contributed by atoms with Gasteiger partial charge in [-0.1, -0.05) is 35.4 Å². The molecule has 0 saturated heterocycles. The van der Waals surface area contributed by atoms with Crippen molar-refractivity contribution in [2.45, 2.75) is 19.0 Å². The fourth-order valence-electron chi connectivity index (χ4n) is 2.45. The van der Waals surface area contributed by atoms with Crippen molar-refractivity contribution >= 4 is 47.1 Å². The highest BCUT2D eigenvalue weighted by molar-refractivity contribution is 6.34. The van der Waals surface area contributed by atoms with Gasteiger partial charge in [-0.15, -0.1) is 0 Å². The molecule has 0 aliphatic rings. The van der Waals surface area contributed by atoms with Crippen molar-refractivity contribution in [3.05, 3.63) is 69.7 Å². The Morgan fingerprint density at radius 2 is 1.70 bits per heavy atom. The summed E-state index contributed by atoms with van der Waals surface area (Å²) in [5, 5.41) is 9.00. The van der Waals surface area contributed by atoms with Crippen LogP contribution in [0.5, 0.6) is 0 Å². The van der Waals surface area contributed by atoms with Crippen molar-refractivity contribution in [1.29, 1.82) is 5.41 Å². The first-order chi connectivity index (χ1) is 12.7. The molecule has 0 heterocycles. The Kier molecular flexibility index (Phi) is 7.18. The van der Waals surface area contributed by atoms with Crippen molar-refractivity contribution in [3.8, 4) is 0 Å². The van der Waals surface area contributed by atoms with Gasteiger partial charge in [-0.25, -0.2) is 0 Å². The van der Waals surface area contributed by atoms with E-state index >= 15 is 0 Å². The Bertz CT molecular complexity index is 839. The van der Waals surface area contributed by atoms with Crippen LogP contribution in [0.1, 0.15) is 24.0 Å². The minimum absolute atomic E-state index is 0.0142. The van der Waals surface area contributed by atoms with Crippen LogP contribution >= 0.6 is 23.2 Å². The lowest BCUT2D eigenvalue weighted by Crippen LogP contribution is -2.81. The third-order valence-electron chi connectivity index (χ3n) is 3.66. The summed E-state index contributed by atoms with van der Waals surface area (Å²) in [6.45, 7) is 1.75. The van der Waals surface area contributed by atoms with Gasteiger partial charge < -0.3 is 0 Å². The zero-order valence-electron chi connectivity index (χ0n) is 14.3. The highest BCUT2D eigenvalue weighted by Gasteiger charge is 2.39. The first-order valence-electron chi connectivity index (χ1n) is 7.88. The van der Waals surface area contributed by atoms with E-state index in [1.54, 1.807) is 36.5 Å². The van der Waals surface area contributed by atoms with Gasteiger partial charge >= 0.3 is 6.18 Å². The van der Waals surface area contributed by atoms with Crippen LogP contribution < -0.4 is 5.32 Å². The third kappa shape index (κ3) is 6.50. The number of hydrogen-bond donors (Lipinski definition) is 2. The molecule has 3 N–H and O–H groups in total. The van der Waals surface area contributed by atoms with Crippen LogP contribution in [0.25, 0.3) is 6.08 Å². The molecule has 0 amide bonds. The van der Waals surface area contributed by atoms with Gasteiger partial charge in [0.05, 0.1) is 5.92 Å². The fourth-order valence-corrected chi connectivity index (χ4v) is 3.00. The van der Waals surface area contributed by atoms with Crippen LogP contribution in [-0.4, -0.2) is 18.4 Å². The maximum absolute atomic E-state index is 13.5. The average molecular weight is 415 g/mol. The highest BCUT2D eigenvalue weighted by Crippen LogP contribution is 2.38. The molecule has 3 nitrogen and oxygen atoms in total. The molecule has 0 spiro atoms. The Labute approximate surface area is 165 Å². The number of amidine groups is 1. The van der Waals surface area contributed by atoms with Crippen LogP contribution in [0.4, 0.5) is 18.9 Å². The van der Waals surface area contributed by atoms with E-state index in [1.807, 2.05) is 0 Å². The molecule has 0 aromatic heterocycles. The summed E-state index contributed by atoms with van der Waals surface area (Å²) in [7, 11) is 0. The summed E-state index contributed by atoms with van der Waals surface area (Å²) in [5.74, 6) is -1.16. The summed E-state index contributed by atoms with van der Waals surface area (Å²) < 4.78 is 40.4.